The van der Waals surface area contributed by atoms with Gasteiger partial charge < -0.3 is 9.32 Å². The van der Waals surface area contributed by atoms with Crippen LogP contribution in [0.4, 0.5) is 5.69 Å². The Morgan fingerprint density at radius 1 is 1.18 bits per heavy atom. The zero-order valence-corrected chi connectivity index (χ0v) is 10.5. The lowest BCUT2D eigenvalue weighted by Crippen LogP contribution is -2.25. The number of anilines is 1. The Morgan fingerprint density at radius 2 is 1.82 bits per heavy atom. The van der Waals surface area contributed by atoms with E-state index in [1.165, 1.54) is 0 Å². The molecular weight excluding hydrogens is 214 g/mol. The second kappa shape index (κ2) is 4.62. The molecule has 0 amide bonds. The first kappa shape index (κ1) is 11.7. The summed E-state index contributed by atoms with van der Waals surface area (Å²) in [5.74, 6) is 0. The molecule has 0 N–H and O–H groups in total. The topological polar surface area (TPSA) is 33.5 Å². The van der Waals surface area contributed by atoms with E-state index >= 15 is 0 Å². The first-order chi connectivity index (χ1) is 8.19. The highest BCUT2D eigenvalue weighted by molar-refractivity contribution is 5.91. The maximum absolute atomic E-state index is 11.8. The molecule has 0 unspecified atom stereocenters. The highest BCUT2D eigenvalue weighted by Crippen LogP contribution is 2.27. The number of hydrogen-bond acceptors (Lipinski definition) is 3. The third kappa shape index (κ3) is 1.93. The van der Waals surface area contributed by atoms with E-state index in [2.05, 4.69) is 18.7 Å². The molecule has 0 spiro atoms. The summed E-state index contributed by atoms with van der Waals surface area (Å²) in [5, 5.41) is 1.01. The second-order valence-corrected chi connectivity index (χ2v) is 4.03. The number of hydrogen-bond donors (Lipinski definition) is 0. The van der Waals surface area contributed by atoms with Gasteiger partial charge in [-0.25, -0.2) is 4.79 Å². The molecule has 0 saturated carbocycles. The maximum atomic E-state index is 11.8. The van der Waals surface area contributed by atoms with Gasteiger partial charge in [0.1, 0.15) is 5.58 Å². The van der Waals surface area contributed by atoms with Crippen molar-refractivity contribution in [2.75, 3.05) is 18.0 Å². The fraction of sp³-hybridized carbons (Fsp3) is 0.357. The van der Waals surface area contributed by atoms with Gasteiger partial charge in [-0.05, 0) is 32.9 Å². The van der Waals surface area contributed by atoms with Crippen LogP contribution in [0.15, 0.2) is 33.5 Å². The number of benzene rings is 1. The summed E-state index contributed by atoms with van der Waals surface area (Å²) < 4.78 is 5.29. The van der Waals surface area contributed by atoms with Crippen molar-refractivity contribution < 1.29 is 4.42 Å². The quantitative estimate of drug-likeness (QED) is 0.761. The van der Waals surface area contributed by atoms with Gasteiger partial charge in [0.15, 0.2) is 0 Å². The van der Waals surface area contributed by atoms with Crippen molar-refractivity contribution >= 4 is 16.7 Å². The van der Waals surface area contributed by atoms with Gasteiger partial charge in [-0.2, -0.15) is 0 Å². The van der Waals surface area contributed by atoms with Crippen LogP contribution in [0.3, 0.4) is 0 Å². The normalized spacial score (nSPS) is 10.8. The van der Waals surface area contributed by atoms with E-state index in [0.29, 0.717) is 11.1 Å². The Labute approximate surface area is 101 Å². The number of rotatable bonds is 3. The molecule has 0 aliphatic heterocycles. The predicted octanol–water partition coefficient (Wildman–Crippen LogP) is 2.95. The Kier molecular flexibility index (Phi) is 3.18. The first-order valence-electron chi connectivity index (χ1n) is 5.96. The summed E-state index contributed by atoms with van der Waals surface area (Å²) in [7, 11) is 0. The van der Waals surface area contributed by atoms with Crippen LogP contribution in [0.25, 0.3) is 11.0 Å². The fourth-order valence-corrected chi connectivity index (χ4v) is 2.17. The standard InChI is InChI=1S/C14H17NO2/c1-4-15(5-2)13-10(3)14(16)17-12-9-7-6-8-11(12)13/h6-9H,4-5H2,1-3H3. The van der Waals surface area contributed by atoms with Gasteiger partial charge in [0.25, 0.3) is 0 Å². The van der Waals surface area contributed by atoms with Crippen LogP contribution in [0, 0.1) is 6.92 Å². The summed E-state index contributed by atoms with van der Waals surface area (Å²) in [6, 6.07) is 7.68. The van der Waals surface area contributed by atoms with Crippen LogP contribution >= 0.6 is 0 Å². The van der Waals surface area contributed by atoms with E-state index < -0.39 is 0 Å². The van der Waals surface area contributed by atoms with Crippen LogP contribution in [-0.4, -0.2) is 13.1 Å². The molecule has 1 heterocycles. The molecule has 17 heavy (non-hydrogen) atoms. The summed E-state index contributed by atoms with van der Waals surface area (Å²) >= 11 is 0. The Hall–Kier alpha value is -1.77. The van der Waals surface area contributed by atoms with Crippen molar-refractivity contribution in [3.05, 3.63) is 40.2 Å². The summed E-state index contributed by atoms with van der Waals surface area (Å²) in [4.78, 5) is 14.0. The zero-order valence-electron chi connectivity index (χ0n) is 10.5. The number of para-hydroxylation sites is 1. The molecule has 0 aliphatic carbocycles. The molecule has 0 bridgehead atoms. The zero-order chi connectivity index (χ0) is 12.4. The van der Waals surface area contributed by atoms with Crippen LogP contribution < -0.4 is 10.5 Å². The third-order valence-corrected chi connectivity index (χ3v) is 3.09. The number of fused-ring (bicyclic) bond motifs is 1. The molecule has 0 radical (unpaired) electrons. The lowest BCUT2D eigenvalue weighted by molar-refractivity contribution is 0.554. The van der Waals surface area contributed by atoms with Crippen molar-refractivity contribution in [1.29, 1.82) is 0 Å². The van der Waals surface area contributed by atoms with E-state index in [1.54, 1.807) is 0 Å². The van der Waals surface area contributed by atoms with E-state index in [0.717, 1.165) is 24.2 Å². The molecule has 0 aliphatic rings. The molecule has 90 valence electrons. The van der Waals surface area contributed by atoms with E-state index in [4.69, 9.17) is 4.42 Å². The van der Waals surface area contributed by atoms with Gasteiger partial charge in [0.05, 0.1) is 11.3 Å². The fourth-order valence-electron chi connectivity index (χ4n) is 2.17. The third-order valence-electron chi connectivity index (χ3n) is 3.09. The minimum Gasteiger partial charge on any atom is -0.422 e. The van der Waals surface area contributed by atoms with Crippen LogP contribution in [-0.2, 0) is 0 Å². The Morgan fingerprint density at radius 3 is 2.47 bits per heavy atom. The van der Waals surface area contributed by atoms with Crippen molar-refractivity contribution in [3.63, 3.8) is 0 Å². The van der Waals surface area contributed by atoms with E-state index in [-0.39, 0.29) is 5.63 Å². The molecule has 3 heteroatoms. The highest BCUT2D eigenvalue weighted by Gasteiger charge is 2.14. The van der Waals surface area contributed by atoms with Gasteiger partial charge in [-0.1, -0.05) is 12.1 Å². The summed E-state index contributed by atoms with van der Waals surface area (Å²) in [5.41, 5.74) is 2.10. The van der Waals surface area contributed by atoms with Crippen LogP contribution in [0.1, 0.15) is 19.4 Å². The lowest BCUT2D eigenvalue weighted by atomic mass is 10.1. The molecule has 3 nitrogen and oxygen atoms in total. The first-order valence-corrected chi connectivity index (χ1v) is 5.96. The van der Waals surface area contributed by atoms with Gasteiger partial charge in [0, 0.05) is 18.5 Å². The second-order valence-electron chi connectivity index (χ2n) is 4.03. The minimum absolute atomic E-state index is 0.245. The molecule has 0 saturated heterocycles. The van der Waals surface area contributed by atoms with Crippen LogP contribution in [0.2, 0.25) is 0 Å². The van der Waals surface area contributed by atoms with Crippen molar-refractivity contribution in [2.24, 2.45) is 0 Å². The smallest absolute Gasteiger partial charge is 0.341 e. The van der Waals surface area contributed by atoms with Gasteiger partial charge in [0.2, 0.25) is 0 Å². The van der Waals surface area contributed by atoms with Gasteiger partial charge in [-0.3, -0.25) is 0 Å². The maximum Gasteiger partial charge on any atom is 0.341 e. The van der Waals surface area contributed by atoms with Crippen molar-refractivity contribution in [3.8, 4) is 0 Å². The van der Waals surface area contributed by atoms with Crippen LogP contribution in [0.5, 0.6) is 0 Å². The summed E-state index contributed by atoms with van der Waals surface area (Å²) in [6.45, 7) is 7.76. The molecule has 2 rings (SSSR count). The highest BCUT2D eigenvalue weighted by atomic mass is 16.4. The predicted molar refractivity (Wildman–Crippen MR) is 70.8 cm³/mol. The molecule has 0 atom stereocenters. The van der Waals surface area contributed by atoms with Gasteiger partial charge >= 0.3 is 5.63 Å². The lowest BCUT2D eigenvalue weighted by Gasteiger charge is -2.23. The average molecular weight is 231 g/mol. The SMILES string of the molecule is CCN(CC)c1c(C)c(=O)oc2ccccc12. The average Bonchev–Trinajstić information content (AvgIpc) is 2.35. The van der Waals surface area contributed by atoms with Crippen molar-refractivity contribution in [2.45, 2.75) is 20.8 Å². The molecule has 1 aromatic carbocycles. The van der Waals surface area contributed by atoms with Crippen molar-refractivity contribution in [1.82, 2.24) is 0 Å². The summed E-state index contributed by atoms with van der Waals surface area (Å²) in [6.07, 6.45) is 0. The monoisotopic (exact) mass is 231 g/mol. The number of nitrogens with zero attached hydrogens (tertiary/aromatic N) is 1. The largest absolute Gasteiger partial charge is 0.422 e. The Bertz CT molecular complexity index is 582. The van der Waals surface area contributed by atoms with E-state index in [9.17, 15) is 4.79 Å². The Balaban J connectivity index is 2.82. The van der Waals surface area contributed by atoms with Gasteiger partial charge in [-0.15, -0.1) is 0 Å². The molecule has 0 fully saturated rings. The molecule has 2 aromatic rings. The van der Waals surface area contributed by atoms with E-state index in [1.807, 2.05) is 31.2 Å². The molecule has 1 aromatic heterocycles. The minimum atomic E-state index is -0.245. The molecular formula is C14H17NO2.